The Morgan fingerprint density at radius 3 is 2.66 bits per heavy atom. The van der Waals surface area contributed by atoms with E-state index in [2.05, 4.69) is 6.92 Å². The molecule has 2 aromatic carbocycles. The maximum absolute atomic E-state index is 13.9. The first-order chi connectivity index (χ1) is 19.6. The predicted molar refractivity (Wildman–Crippen MR) is 159 cm³/mol. The van der Waals surface area contributed by atoms with Gasteiger partial charge in [0, 0.05) is 0 Å². The summed E-state index contributed by atoms with van der Waals surface area (Å²) < 4.78 is 6.08. The number of anilines is 1. The molecule has 2 fully saturated rings. The van der Waals surface area contributed by atoms with Gasteiger partial charge in [-0.05, 0) is 91.8 Å². The average Bonchev–Trinajstić information content (AvgIpc) is 3.18. The smallest absolute Gasteiger partial charge is 0.488 e. The van der Waals surface area contributed by atoms with Crippen molar-refractivity contribution in [3.63, 3.8) is 0 Å². The van der Waals surface area contributed by atoms with E-state index in [1.807, 2.05) is 13.0 Å². The van der Waals surface area contributed by atoms with Crippen LogP contribution in [0.3, 0.4) is 0 Å². The number of aromatic hydroxyl groups is 1. The normalized spacial score (nSPS) is 24.6. The third-order valence-corrected chi connectivity index (χ3v) is 8.80. The minimum atomic E-state index is -1.72. The zero-order valence-electron chi connectivity index (χ0n) is 23.2. The van der Waals surface area contributed by atoms with Crippen molar-refractivity contribution < 1.29 is 34.4 Å². The minimum Gasteiger partial charge on any atom is -0.508 e. The second-order valence-corrected chi connectivity index (χ2v) is 11.7. The number of fused-ring (bicyclic) bond motifs is 3. The zero-order chi connectivity index (χ0) is 29.4. The molecule has 41 heavy (non-hydrogen) atoms. The summed E-state index contributed by atoms with van der Waals surface area (Å²) in [5.74, 6) is -2.00. The summed E-state index contributed by atoms with van der Waals surface area (Å²) in [6, 6.07) is 11.0. The Labute approximate surface area is 245 Å². The third kappa shape index (κ3) is 5.90. The van der Waals surface area contributed by atoms with Crippen LogP contribution >= 0.6 is 11.6 Å². The molecule has 0 aromatic heterocycles. The number of rotatable bonds is 8. The number of benzene rings is 2. The fourth-order valence-electron chi connectivity index (χ4n) is 6.71. The van der Waals surface area contributed by atoms with Gasteiger partial charge < -0.3 is 24.8 Å². The van der Waals surface area contributed by atoms with Crippen LogP contribution in [0.5, 0.6) is 5.75 Å². The van der Waals surface area contributed by atoms with Gasteiger partial charge in [0.2, 0.25) is 11.8 Å². The van der Waals surface area contributed by atoms with Gasteiger partial charge in [-0.1, -0.05) is 54.3 Å². The topological polar surface area (TPSA) is 128 Å². The van der Waals surface area contributed by atoms with Gasteiger partial charge in [-0.15, -0.1) is 0 Å². The van der Waals surface area contributed by atoms with Crippen LogP contribution in [0, 0.1) is 17.8 Å². The minimum absolute atomic E-state index is 0.101. The van der Waals surface area contributed by atoms with Gasteiger partial charge in [-0.2, -0.15) is 0 Å². The van der Waals surface area contributed by atoms with Crippen molar-refractivity contribution in [2.45, 2.75) is 58.4 Å². The van der Waals surface area contributed by atoms with Crippen LogP contribution < -0.4 is 10.4 Å². The lowest BCUT2D eigenvalue weighted by atomic mass is 9.58. The Kier molecular flexibility index (Phi) is 8.78. The monoisotopic (exact) mass is 577 g/mol. The molecule has 1 aliphatic carbocycles. The Bertz CT molecular complexity index is 1410. The summed E-state index contributed by atoms with van der Waals surface area (Å²) in [6.07, 6.45) is 5.17. The maximum atomic E-state index is 13.9. The zero-order valence-corrected chi connectivity index (χ0v) is 23.9. The highest BCUT2D eigenvalue weighted by Gasteiger charge is 2.57. The molecular weight excluding hydrogens is 543 g/mol. The molecule has 0 spiro atoms. The van der Waals surface area contributed by atoms with Gasteiger partial charge in [-0.3, -0.25) is 14.5 Å². The van der Waals surface area contributed by atoms with Gasteiger partial charge in [0.05, 0.1) is 28.6 Å². The van der Waals surface area contributed by atoms with E-state index in [9.17, 15) is 29.8 Å². The fraction of sp³-hybridized carbons (Fsp3) is 0.400. The van der Waals surface area contributed by atoms with E-state index >= 15 is 0 Å². The fourth-order valence-corrected chi connectivity index (χ4v) is 6.94. The second-order valence-electron chi connectivity index (χ2n) is 11.3. The lowest BCUT2D eigenvalue weighted by Gasteiger charge is -2.43. The van der Waals surface area contributed by atoms with Crippen molar-refractivity contribution >= 4 is 54.9 Å². The molecule has 0 unspecified atom stereocenters. The summed E-state index contributed by atoms with van der Waals surface area (Å²) in [6.45, 7) is 4.07. The molecule has 2 aromatic rings. The van der Waals surface area contributed by atoms with Crippen LogP contribution in [0.25, 0.3) is 6.08 Å². The van der Waals surface area contributed by atoms with Crippen molar-refractivity contribution in [3.8, 4) is 5.75 Å². The Hall–Kier alpha value is -2.88. The summed E-state index contributed by atoms with van der Waals surface area (Å²) in [5, 5.41) is 40.1. The molecule has 0 bridgehead atoms. The van der Waals surface area contributed by atoms with E-state index in [1.54, 1.807) is 24.3 Å². The van der Waals surface area contributed by atoms with Gasteiger partial charge in [0.1, 0.15) is 5.75 Å². The van der Waals surface area contributed by atoms with Gasteiger partial charge >= 0.3 is 14.2 Å². The second kappa shape index (κ2) is 12.2. The number of phenols is 1. The highest BCUT2D eigenvalue weighted by molar-refractivity contribution is 6.58. The molecule has 5 rings (SSSR count). The molecule has 214 valence electrons. The van der Waals surface area contributed by atoms with Crippen molar-refractivity contribution in [1.82, 2.24) is 0 Å². The third-order valence-electron chi connectivity index (χ3n) is 8.47. The molecule has 4 N–H and O–H groups in total. The van der Waals surface area contributed by atoms with Crippen molar-refractivity contribution in [2.75, 3.05) is 4.90 Å². The highest BCUT2D eigenvalue weighted by Crippen LogP contribution is 2.52. The molecule has 0 radical (unpaired) electrons. The molecule has 2 amide bonds. The van der Waals surface area contributed by atoms with E-state index in [0.29, 0.717) is 30.0 Å². The molecule has 8 nitrogen and oxygen atoms in total. The number of carbonyl (C=O) groups is 2. The number of allylic oxidation sites excluding steroid dienone is 2. The van der Waals surface area contributed by atoms with E-state index in [0.717, 1.165) is 35.1 Å². The average molecular weight is 578 g/mol. The van der Waals surface area contributed by atoms with Crippen LogP contribution in [0.2, 0.25) is 11.3 Å². The number of phenolic OH excluding ortho intramolecular Hbond substituents is 1. The molecule has 11 heteroatoms. The van der Waals surface area contributed by atoms with E-state index in [1.165, 1.54) is 23.1 Å². The van der Waals surface area contributed by atoms with Crippen molar-refractivity contribution in [1.29, 1.82) is 0 Å². The Balaban J connectivity index is 1.43. The summed E-state index contributed by atoms with van der Waals surface area (Å²) >= 11 is 6.29. The first kappa shape index (κ1) is 29.6. The number of halogens is 1. The maximum Gasteiger partial charge on any atom is 0.488 e. The molecule has 0 saturated carbocycles. The number of imide groups is 1. The Morgan fingerprint density at radius 2 is 1.95 bits per heavy atom. The van der Waals surface area contributed by atoms with Gasteiger partial charge in [0.25, 0.3) is 0 Å². The first-order valence-corrected chi connectivity index (χ1v) is 14.5. The number of nitrogens with zero attached hydrogens (tertiary/aromatic N) is 1. The molecular formula is C30H34B2ClNO7. The Morgan fingerprint density at radius 1 is 1.17 bits per heavy atom. The lowest BCUT2D eigenvalue weighted by molar-refractivity contribution is -0.122. The number of carbonyl (C=O) groups excluding carboxylic acids is 2. The van der Waals surface area contributed by atoms with E-state index < -0.39 is 32.2 Å². The van der Waals surface area contributed by atoms with Crippen LogP contribution in [-0.4, -0.2) is 52.3 Å². The largest absolute Gasteiger partial charge is 0.508 e. The number of hydrogen-bond acceptors (Lipinski definition) is 7. The van der Waals surface area contributed by atoms with E-state index in [4.69, 9.17) is 16.3 Å². The van der Waals surface area contributed by atoms with Crippen molar-refractivity contribution in [2.24, 2.45) is 17.8 Å². The van der Waals surface area contributed by atoms with Crippen molar-refractivity contribution in [3.05, 3.63) is 69.8 Å². The standard InChI is InChI=1S/C30H34B2ClNO7/c1-3-5-19-13-23-28(30(37)34(29(23)36)21-7-4-6-20(14-21)32(39)40)24-16-31(38)41-26(27(19)24)11-8-17(2)12-18-9-10-22(35)15-25(18)33/h4,6-7,9-10,12,14-15,23-24,26,28,35,38-40H,3,5,8,11,13,16H2,1-2H3/b17-12+/t23-,24+,26-,28-/m1/s1. The van der Waals surface area contributed by atoms with Gasteiger partial charge in [-0.25, -0.2) is 0 Å². The predicted octanol–water partition coefficient (Wildman–Crippen LogP) is 3.71. The van der Waals surface area contributed by atoms with Gasteiger partial charge in [0.15, 0.2) is 0 Å². The highest BCUT2D eigenvalue weighted by atomic mass is 35.5. The molecule has 3 aliphatic rings. The van der Waals surface area contributed by atoms with Crippen LogP contribution in [0.15, 0.2) is 59.2 Å². The van der Waals surface area contributed by atoms with Crippen LogP contribution in [-0.2, 0) is 14.2 Å². The number of hydrogen-bond donors (Lipinski definition) is 4. The summed E-state index contributed by atoms with van der Waals surface area (Å²) in [7, 11) is -2.78. The van der Waals surface area contributed by atoms with Crippen LogP contribution in [0.4, 0.5) is 5.69 Å². The quantitative estimate of drug-likeness (QED) is 0.214. The lowest BCUT2D eigenvalue weighted by Crippen LogP contribution is -2.46. The molecule has 2 saturated heterocycles. The SMILES string of the molecule is CCCC1=C2[C@@H](CC/C(C)=C/c3ccc(O)cc3Cl)OB(O)C[C@@H]2[C@@H]2C(=O)N(c3cccc(B(O)O)c3)C(=O)[C@@H]2C1. The van der Waals surface area contributed by atoms with Crippen LogP contribution in [0.1, 0.15) is 51.5 Å². The molecule has 2 aliphatic heterocycles. The first-order valence-electron chi connectivity index (χ1n) is 14.1. The molecule has 2 heterocycles. The summed E-state index contributed by atoms with van der Waals surface area (Å²) in [5.41, 5.74) is 4.52. The molecule has 4 atom stereocenters. The summed E-state index contributed by atoms with van der Waals surface area (Å²) in [4.78, 5) is 28.8. The number of amides is 2. The van der Waals surface area contributed by atoms with E-state index in [-0.39, 0.29) is 35.3 Å².